The molecule has 2 aliphatic heterocycles. The number of hydrogen-bond donors (Lipinski definition) is 2. The minimum Gasteiger partial charge on any atom is -0.363 e. The molecule has 1 atom stereocenters. The number of nitrogens with zero attached hydrogens (tertiary/aromatic N) is 2. The molecule has 0 aromatic carbocycles. The van der Waals surface area contributed by atoms with E-state index in [2.05, 4.69) is 45.0 Å². The van der Waals surface area contributed by atoms with E-state index < -0.39 is 9.84 Å². The lowest BCUT2D eigenvalue weighted by atomic mass is 10.1. The van der Waals surface area contributed by atoms with Gasteiger partial charge in [-0.15, -0.1) is 11.3 Å². The van der Waals surface area contributed by atoms with Gasteiger partial charge in [-0.1, -0.05) is 0 Å². The predicted octanol–water partition coefficient (Wildman–Crippen LogP) is 1.71. The maximum absolute atomic E-state index is 11.6. The van der Waals surface area contributed by atoms with E-state index in [9.17, 15) is 8.42 Å². The molecule has 2 fully saturated rings. The molecule has 3 rings (SSSR count). The summed E-state index contributed by atoms with van der Waals surface area (Å²) in [4.78, 5) is 7.08. The van der Waals surface area contributed by atoms with E-state index in [-0.39, 0.29) is 11.7 Å². The van der Waals surface area contributed by atoms with Gasteiger partial charge in [-0.05, 0) is 49.6 Å². The zero-order valence-electron chi connectivity index (χ0n) is 14.8. The number of rotatable bonds is 5. The molecule has 6 nitrogen and oxygen atoms in total. The lowest BCUT2D eigenvalue weighted by Crippen LogP contribution is -2.48. The van der Waals surface area contributed by atoms with Crippen molar-refractivity contribution in [3.05, 3.63) is 17.5 Å². The third-order valence-corrected chi connectivity index (χ3v) is 7.60. The first-order valence-electron chi connectivity index (χ1n) is 9.09. The second-order valence-corrected chi connectivity index (χ2v) is 10.0. The highest BCUT2D eigenvalue weighted by atomic mass is 32.2. The monoisotopic (exact) mass is 384 g/mol. The second-order valence-electron chi connectivity index (χ2n) is 6.85. The summed E-state index contributed by atoms with van der Waals surface area (Å²) in [6.07, 6.45) is 2.91. The zero-order valence-corrected chi connectivity index (χ0v) is 16.4. The molecule has 1 aromatic rings. The minimum absolute atomic E-state index is 0.168. The molecule has 1 aromatic heterocycles. The van der Waals surface area contributed by atoms with Crippen molar-refractivity contribution in [2.75, 3.05) is 42.6 Å². The van der Waals surface area contributed by atoms with Gasteiger partial charge in [0.2, 0.25) is 0 Å². The van der Waals surface area contributed by atoms with Crippen molar-refractivity contribution in [2.24, 2.45) is 10.9 Å². The molecule has 0 bridgehead atoms. The maximum Gasteiger partial charge on any atom is 0.191 e. The Morgan fingerprint density at radius 2 is 2.16 bits per heavy atom. The molecule has 8 heteroatoms. The van der Waals surface area contributed by atoms with Crippen LogP contribution in [0.3, 0.4) is 0 Å². The molecular formula is C17H28N4O2S2. The average Bonchev–Trinajstić information content (AvgIpc) is 3.23. The number of guanidine groups is 1. The van der Waals surface area contributed by atoms with Crippen LogP contribution in [0.4, 0.5) is 5.00 Å². The van der Waals surface area contributed by atoms with Crippen LogP contribution in [0.5, 0.6) is 0 Å². The largest absolute Gasteiger partial charge is 0.363 e. The molecule has 2 saturated heterocycles. The maximum atomic E-state index is 11.6. The fourth-order valence-corrected chi connectivity index (χ4v) is 6.08. The van der Waals surface area contributed by atoms with Crippen molar-refractivity contribution in [1.82, 2.24) is 10.6 Å². The van der Waals surface area contributed by atoms with Crippen molar-refractivity contribution >= 4 is 32.1 Å². The van der Waals surface area contributed by atoms with Gasteiger partial charge in [0.25, 0.3) is 0 Å². The number of hydrogen-bond acceptors (Lipinski definition) is 5. The summed E-state index contributed by atoms with van der Waals surface area (Å²) in [5, 5.41) is 10.3. The van der Waals surface area contributed by atoms with Crippen molar-refractivity contribution in [2.45, 2.75) is 32.2 Å². The summed E-state index contributed by atoms with van der Waals surface area (Å²) in [6.45, 7) is 5.55. The number of nitrogens with one attached hydrogen (secondary N) is 2. The Bertz CT molecular complexity index is 665. The molecular weight excluding hydrogens is 356 g/mol. The molecule has 0 radical (unpaired) electrons. The topological polar surface area (TPSA) is 73.8 Å². The standard InChI is InChI=1S/C17H28N4O2S2/c1-2-18-17(19-12-14-7-11-25(22,23)13-14)20-15-5-8-21(9-6-15)16-4-3-10-24-16/h3-4,10,14-15H,2,5-9,11-13H2,1H3,(H2,18,19,20). The third-order valence-electron chi connectivity index (χ3n) is 4.83. The highest BCUT2D eigenvalue weighted by molar-refractivity contribution is 7.91. The smallest absolute Gasteiger partial charge is 0.191 e. The van der Waals surface area contributed by atoms with E-state index in [1.807, 2.05) is 0 Å². The first-order valence-corrected chi connectivity index (χ1v) is 11.8. The van der Waals surface area contributed by atoms with E-state index >= 15 is 0 Å². The molecule has 25 heavy (non-hydrogen) atoms. The lowest BCUT2D eigenvalue weighted by Gasteiger charge is -2.33. The van der Waals surface area contributed by atoms with Crippen LogP contribution < -0.4 is 15.5 Å². The van der Waals surface area contributed by atoms with Crippen LogP contribution in [-0.2, 0) is 9.84 Å². The molecule has 1 unspecified atom stereocenters. The third kappa shape index (κ3) is 5.34. The summed E-state index contributed by atoms with van der Waals surface area (Å²) in [7, 11) is -2.83. The van der Waals surface area contributed by atoms with Crippen LogP contribution in [0.2, 0.25) is 0 Å². The Balaban J connectivity index is 1.49. The van der Waals surface area contributed by atoms with Gasteiger partial charge < -0.3 is 15.5 Å². The number of sulfone groups is 1. The molecule has 2 N–H and O–H groups in total. The second kappa shape index (κ2) is 8.40. The Labute approximate surface area is 154 Å². The number of thiophene rings is 1. The molecule has 2 aliphatic rings. The number of anilines is 1. The van der Waals surface area contributed by atoms with Gasteiger partial charge in [0, 0.05) is 32.2 Å². The van der Waals surface area contributed by atoms with E-state index in [1.165, 1.54) is 5.00 Å². The van der Waals surface area contributed by atoms with Crippen molar-refractivity contribution in [3.8, 4) is 0 Å². The Morgan fingerprint density at radius 3 is 2.76 bits per heavy atom. The van der Waals surface area contributed by atoms with Crippen molar-refractivity contribution in [1.29, 1.82) is 0 Å². The van der Waals surface area contributed by atoms with E-state index in [0.29, 0.717) is 18.3 Å². The molecule has 0 aliphatic carbocycles. The van der Waals surface area contributed by atoms with Gasteiger partial charge in [0.1, 0.15) is 0 Å². The van der Waals surface area contributed by atoms with Gasteiger partial charge in [-0.25, -0.2) is 8.42 Å². The predicted molar refractivity (Wildman–Crippen MR) is 105 cm³/mol. The molecule has 3 heterocycles. The van der Waals surface area contributed by atoms with Gasteiger partial charge >= 0.3 is 0 Å². The van der Waals surface area contributed by atoms with Crippen LogP contribution >= 0.6 is 11.3 Å². The molecule has 0 saturated carbocycles. The highest BCUT2D eigenvalue weighted by Gasteiger charge is 2.27. The van der Waals surface area contributed by atoms with Crippen LogP contribution in [0.15, 0.2) is 22.5 Å². The fraction of sp³-hybridized carbons (Fsp3) is 0.706. The molecule has 0 amide bonds. The fourth-order valence-electron chi connectivity index (χ4n) is 3.44. The summed E-state index contributed by atoms with van der Waals surface area (Å²) in [6, 6.07) is 4.70. The molecule has 140 valence electrons. The quantitative estimate of drug-likeness (QED) is 0.597. The van der Waals surface area contributed by atoms with Crippen LogP contribution in [0.1, 0.15) is 26.2 Å². The average molecular weight is 385 g/mol. The van der Waals surface area contributed by atoms with Gasteiger partial charge in [0.15, 0.2) is 15.8 Å². The minimum atomic E-state index is -2.83. The first-order chi connectivity index (χ1) is 12.1. The van der Waals surface area contributed by atoms with Crippen LogP contribution in [0.25, 0.3) is 0 Å². The molecule has 0 spiro atoms. The van der Waals surface area contributed by atoms with Crippen LogP contribution in [0, 0.1) is 5.92 Å². The Morgan fingerprint density at radius 1 is 1.36 bits per heavy atom. The van der Waals surface area contributed by atoms with Gasteiger partial charge in [-0.3, -0.25) is 4.99 Å². The highest BCUT2D eigenvalue weighted by Crippen LogP contribution is 2.24. The van der Waals surface area contributed by atoms with E-state index in [0.717, 1.165) is 44.9 Å². The lowest BCUT2D eigenvalue weighted by molar-refractivity contribution is 0.462. The van der Waals surface area contributed by atoms with E-state index in [1.54, 1.807) is 11.3 Å². The summed E-state index contributed by atoms with van der Waals surface area (Å²) in [5.41, 5.74) is 0. The number of aliphatic imine (C=N–C) groups is 1. The SMILES string of the molecule is CCNC(=NCC1CCS(=O)(=O)C1)NC1CCN(c2cccs2)CC1. The van der Waals surface area contributed by atoms with Crippen LogP contribution in [-0.4, -0.2) is 58.1 Å². The first kappa shape index (κ1) is 18.5. The van der Waals surface area contributed by atoms with Crippen molar-refractivity contribution in [3.63, 3.8) is 0 Å². The summed E-state index contributed by atoms with van der Waals surface area (Å²) in [5.74, 6) is 1.59. The van der Waals surface area contributed by atoms with E-state index in [4.69, 9.17) is 0 Å². The normalized spacial score (nSPS) is 24.4. The Hall–Kier alpha value is -1.28. The summed E-state index contributed by atoms with van der Waals surface area (Å²) < 4.78 is 23.1. The van der Waals surface area contributed by atoms with Gasteiger partial charge in [0.05, 0.1) is 16.5 Å². The van der Waals surface area contributed by atoms with Crippen molar-refractivity contribution < 1.29 is 8.42 Å². The van der Waals surface area contributed by atoms with Gasteiger partial charge in [-0.2, -0.15) is 0 Å². The Kier molecular flexibility index (Phi) is 6.22. The zero-order chi connectivity index (χ0) is 17.7. The summed E-state index contributed by atoms with van der Waals surface area (Å²) >= 11 is 1.80. The number of piperidine rings is 1.